The zero-order valence-electron chi connectivity index (χ0n) is 20.4. The van der Waals surface area contributed by atoms with Crippen LogP contribution in [0.2, 0.25) is 0 Å². The number of rotatable bonds is 8. The van der Waals surface area contributed by atoms with Crippen LogP contribution in [0.3, 0.4) is 0 Å². The second-order valence-corrected chi connectivity index (χ2v) is 10.4. The summed E-state index contributed by atoms with van der Waals surface area (Å²) in [4.78, 5) is 13.3. The lowest BCUT2D eigenvalue weighted by atomic mass is 10.1. The molecule has 0 aliphatic rings. The van der Waals surface area contributed by atoms with Crippen LogP contribution in [0.4, 0.5) is 19.0 Å². The van der Waals surface area contributed by atoms with Crippen molar-refractivity contribution in [2.75, 3.05) is 5.32 Å². The number of halogens is 3. The van der Waals surface area contributed by atoms with Crippen molar-refractivity contribution in [1.29, 1.82) is 0 Å². The van der Waals surface area contributed by atoms with E-state index in [4.69, 9.17) is 0 Å². The number of benzene rings is 3. The summed E-state index contributed by atoms with van der Waals surface area (Å²) >= 11 is 0. The molecule has 0 aliphatic carbocycles. The van der Waals surface area contributed by atoms with Crippen LogP contribution >= 0.6 is 0 Å². The van der Waals surface area contributed by atoms with Gasteiger partial charge in [0.05, 0.1) is 21.7 Å². The lowest BCUT2D eigenvalue weighted by molar-refractivity contribution is -0.137. The van der Waals surface area contributed by atoms with E-state index >= 15 is 0 Å². The van der Waals surface area contributed by atoms with Gasteiger partial charge in [0.15, 0.2) is 5.82 Å². The lowest BCUT2D eigenvalue weighted by Crippen LogP contribution is -2.23. The van der Waals surface area contributed by atoms with Gasteiger partial charge in [-0.2, -0.15) is 13.2 Å². The molecule has 3 aromatic carbocycles. The van der Waals surface area contributed by atoms with Crippen molar-refractivity contribution in [3.63, 3.8) is 0 Å². The van der Waals surface area contributed by atoms with Crippen molar-refractivity contribution in [3.8, 4) is 11.3 Å². The summed E-state index contributed by atoms with van der Waals surface area (Å²) in [6.45, 7) is 0.379. The van der Waals surface area contributed by atoms with Gasteiger partial charge in [0.25, 0.3) is 0 Å². The fourth-order valence-corrected chi connectivity index (χ4v) is 4.97. The quantitative estimate of drug-likeness (QED) is 0.254. The summed E-state index contributed by atoms with van der Waals surface area (Å²) in [6, 6.07) is 24.0. The highest BCUT2D eigenvalue weighted by Gasteiger charge is 2.29. The topological polar surface area (TPSA) is 96.9 Å². The molecule has 0 amide bonds. The van der Waals surface area contributed by atoms with Crippen LogP contribution in [0, 0.1) is 0 Å². The third kappa shape index (κ3) is 6.21. The van der Waals surface area contributed by atoms with E-state index in [9.17, 15) is 21.6 Å². The third-order valence-electron chi connectivity index (χ3n) is 5.97. The average molecular weight is 550 g/mol. The molecule has 0 saturated heterocycles. The summed E-state index contributed by atoms with van der Waals surface area (Å²) in [5, 5.41) is 3.11. The van der Waals surface area contributed by atoms with E-state index in [-0.39, 0.29) is 18.0 Å². The molecule has 5 rings (SSSR count). The van der Waals surface area contributed by atoms with Crippen molar-refractivity contribution < 1.29 is 21.6 Å². The van der Waals surface area contributed by atoms with Gasteiger partial charge in [0.1, 0.15) is 11.8 Å². The molecule has 7 nitrogen and oxygen atoms in total. The lowest BCUT2D eigenvalue weighted by Gasteiger charge is -2.11. The van der Waals surface area contributed by atoms with Crippen molar-refractivity contribution in [2.45, 2.75) is 24.2 Å². The molecule has 0 fully saturated rings. The first-order valence-corrected chi connectivity index (χ1v) is 13.3. The minimum atomic E-state index is -4.40. The molecule has 2 heterocycles. The second kappa shape index (κ2) is 10.8. The monoisotopic (exact) mass is 549 g/mol. The molecule has 2 N–H and O–H groups in total. The minimum absolute atomic E-state index is 0.0998. The van der Waals surface area contributed by atoms with E-state index in [2.05, 4.69) is 25.0 Å². The Bertz CT molecular complexity index is 1710. The number of pyridine rings is 1. The van der Waals surface area contributed by atoms with Crippen LogP contribution in [0.1, 0.15) is 16.7 Å². The fourth-order valence-electron chi connectivity index (χ4n) is 3.91. The molecule has 0 spiro atoms. The first-order valence-electron chi connectivity index (χ1n) is 11.8. The van der Waals surface area contributed by atoms with Crippen LogP contribution in [-0.4, -0.2) is 23.4 Å². The van der Waals surface area contributed by atoms with Gasteiger partial charge in [-0.15, -0.1) is 0 Å². The van der Waals surface area contributed by atoms with Gasteiger partial charge in [0, 0.05) is 18.7 Å². The van der Waals surface area contributed by atoms with Crippen LogP contribution in [-0.2, 0) is 29.3 Å². The van der Waals surface area contributed by atoms with E-state index in [1.807, 2.05) is 30.3 Å². The molecule has 2 aromatic heterocycles. The molecule has 39 heavy (non-hydrogen) atoms. The fraction of sp³-hybridized carbons (Fsp3) is 0.107. The van der Waals surface area contributed by atoms with Crippen LogP contribution < -0.4 is 10.0 Å². The maximum absolute atomic E-state index is 12.9. The van der Waals surface area contributed by atoms with Gasteiger partial charge in [-0.1, -0.05) is 54.6 Å². The van der Waals surface area contributed by atoms with Gasteiger partial charge in [-0.3, -0.25) is 0 Å². The number of nitrogens with one attached hydrogen (secondary N) is 2. The maximum atomic E-state index is 12.9. The van der Waals surface area contributed by atoms with E-state index in [0.717, 1.165) is 17.7 Å². The van der Waals surface area contributed by atoms with Crippen molar-refractivity contribution >= 4 is 26.9 Å². The van der Waals surface area contributed by atoms with Gasteiger partial charge in [-0.25, -0.2) is 28.1 Å². The maximum Gasteiger partial charge on any atom is 0.416 e. The highest BCUT2D eigenvalue weighted by molar-refractivity contribution is 7.89. The molecular formula is C28H22F3N5O2S. The molecule has 11 heteroatoms. The summed E-state index contributed by atoms with van der Waals surface area (Å²) in [6.07, 6.45) is -3.03. The molecule has 0 radical (unpaired) electrons. The number of alkyl halides is 3. The predicted octanol–water partition coefficient (Wildman–Crippen LogP) is 5.80. The standard InChI is InChI=1S/C28H22F3N5O2S/c29-28(30,31)22-11-9-20(10-12-22)16-32-27-26-25(33-18-34-27)14-13-24(36-26)21-7-4-8-23(15-21)39(37,38)35-17-19-5-2-1-3-6-19/h1-15,18,35H,16-17H2,(H,32,33,34). The molecule has 0 bridgehead atoms. The molecule has 0 atom stereocenters. The SMILES string of the molecule is O=S(=O)(NCc1ccccc1)c1cccc(-c2ccc3ncnc(NCc4ccc(C(F)(F)F)cc4)c3n2)c1. The predicted molar refractivity (Wildman–Crippen MR) is 142 cm³/mol. The Hall–Kier alpha value is -4.35. The Morgan fingerprint density at radius 1 is 0.769 bits per heavy atom. The zero-order chi connectivity index (χ0) is 27.5. The number of anilines is 1. The summed E-state index contributed by atoms with van der Waals surface area (Å²) in [5.74, 6) is 0.398. The van der Waals surface area contributed by atoms with Crippen LogP contribution in [0.5, 0.6) is 0 Å². The van der Waals surface area contributed by atoms with Gasteiger partial charge >= 0.3 is 6.18 Å². The summed E-state index contributed by atoms with van der Waals surface area (Å²) in [5.41, 5.74) is 2.84. The number of nitrogens with zero attached hydrogens (tertiary/aromatic N) is 3. The number of hydrogen-bond acceptors (Lipinski definition) is 6. The van der Waals surface area contributed by atoms with Crippen LogP contribution in [0.25, 0.3) is 22.3 Å². The van der Waals surface area contributed by atoms with E-state index in [1.54, 1.807) is 30.3 Å². The Labute approximate surface area is 222 Å². The summed E-state index contributed by atoms with van der Waals surface area (Å²) < 4.78 is 67.0. The van der Waals surface area contributed by atoms with E-state index in [0.29, 0.717) is 33.7 Å². The molecule has 0 saturated carbocycles. The number of sulfonamides is 1. The number of aromatic nitrogens is 3. The zero-order valence-corrected chi connectivity index (χ0v) is 21.2. The van der Waals surface area contributed by atoms with Crippen molar-refractivity contribution in [2.24, 2.45) is 0 Å². The Kier molecular flexibility index (Phi) is 7.27. The minimum Gasteiger partial charge on any atom is -0.364 e. The van der Waals surface area contributed by atoms with Gasteiger partial charge in [-0.05, 0) is 47.5 Å². The van der Waals surface area contributed by atoms with Gasteiger partial charge < -0.3 is 5.32 Å². The Morgan fingerprint density at radius 2 is 1.51 bits per heavy atom. The van der Waals surface area contributed by atoms with Gasteiger partial charge in [0.2, 0.25) is 10.0 Å². The Morgan fingerprint density at radius 3 is 2.26 bits per heavy atom. The average Bonchev–Trinajstić information content (AvgIpc) is 2.95. The first kappa shape index (κ1) is 26.3. The smallest absolute Gasteiger partial charge is 0.364 e. The van der Waals surface area contributed by atoms with Crippen molar-refractivity contribution in [3.05, 3.63) is 114 Å². The van der Waals surface area contributed by atoms with Crippen molar-refractivity contribution in [1.82, 2.24) is 19.7 Å². The van der Waals surface area contributed by atoms with E-state index in [1.165, 1.54) is 24.5 Å². The third-order valence-corrected chi connectivity index (χ3v) is 7.37. The molecule has 5 aromatic rings. The highest BCUT2D eigenvalue weighted by atomic mass is 32.2. The molecular weight excluding hydrogens is 527 g/mol. The first-order chi connectivity index (χ1) is 18.7. The summed E-state index contributed by atoms with van der Waals surface area (Å²) in [7, 11) is -3.78. The Balaban J connectivity index is 1.37. The number of fused-ring (bicyclic) bond motifs is 1. The molecule has 198 valence electrons. The highest BCUT2D eigenvalue weighted by Crippen LogP contribution is 2.29. The largest absolute Gasteiger partial charge is 0.416 e. The number of hydrogen-bond donors (Lipinski definition) is 2. The van der Waals surface area contributed by atoms with Crippen LogP contribution in [0.15, 0.2) is 102 Å². The normalized spacial score (nSPS) is 12.0. The van der Waals surface area contributed by atoms with E-state index < -0.39 is 21.8 Å². The second-order valence-electron chi connectivity index (χ2n) is 8.67. The molecule has 0 unspecified atom stereocenters. The molecule has 0 aliphatic heterocycles.